The Kier molecular flexibility index (Phi) is 4.03. The van der Waals surface area contributed by atoms with Crippen molar-refractivity contribution >= 4 is 27.3 Å². The number of thiophene rings is 1. The number of hydrogen-bond acceptors (Lipinski definition) is 3. The Hall–Kier alpha value is -2.56. The molecule has 0 saturated heterocycles. The molecule has 1 atom stereocenters. The minimum Gasteiger partial charge on any atom is -0.444 e. The summed E-state index contributed by atoms with van der Waals surface area (Å²) in [5.41, 5.74) is 4.26. The third-order valence-corrected chi connectivity index (χ3v) is 5.89. The Balaban J connectivity index is 1.77. The maximum atomic E-state index is 6.61. The average Bonchev–Trinajstić information content (AvgIpc) is 3.29. The van der Waals surface area contributed by atoms with Crippen LogP contribution in [0.25, 0.3) is 11.1 Å². The van der Waals surface area contributed by atoms with E-state index in [-0.39, 0.29) is 0 Å². The SMILES string of the molecule is Brc1ccc2c(c1)C(Oc1ccccc1)(Oc1cccs1)c1ccccc1-2. The van der Waals surface area contributed by atoms with Crippen molar-refractivity contribution in [2.45, 2.75) is 5.79 Å². The molecule has 0 radical (unpaired) electrons. The number of para-hydroxylation sites is 1. The van der Waals surface area contributed by atoms with Crippen molar-refractivity contribution in [2.24, 2.45) is 0 Å². The van der Waals surface area contributed by atoms with Crippen LogP contribution in [0.4, 0.5) is 0 Å². The molecule has 3 aromatic carbocycles. The Morgan fingerprint density at radius 2 is 1.48 bits per heavy atom. The topological polar surface area (TPSA) is 18.5 Å². The van der Waals surface area contributed by atoms with Gasteiger partial charge < -0.3 is 9.47 Å². The molecule has 0 fully saturated rings. The zero-order chi connectivity index (χ0) is 18.3. The van der Waals surface area contributed by atoms with Crippen LogP contribution >= 0.6 is 27.3 Å². The first kappa shape index (κ1) is 16.6. The van der Waals surface area contributed by atoms with Gasteiger partial charge in [0.25, 0.3) is 0 Å². The van der Waals surface area contributed by atoms with E-state index >= 15 is 0 Å². The molecule has 0 bridgehead atoms. The molecule has 1 aliphatic rings. The van der Waals surface area contributed by atoms with E-state index < -0.39 is 5.79 Å². The van der Waals surface area contributed by atoms with Crippen molar-refractivity contribution in [3.8, 4) is 21.9 Å². The first-order valence-corrected chi connectivity index (χ1v) is 10.3. The summed E-state index contributed by atoms with van der Waals surface area (Å²) in [6.45, 7) is 0. The standard InChI is InChI=1S/C23H15BrO2S/c24-16-12-13-19-18-9-4-5-10-20(18)23(21(19)15-16,26-22-11-6-14-27-22)25-17-7-2-1-3-8-17/h1-15H. The maximum Gasteiger partial charge on any atom is 0.307 e. The van der Waals surface area contributed by atoms with Gasteiger partial charge in [-0.25, -0.2) is 0 Å². The zero-order valence-corrected chi connectivity index (χ0v) is 16.7. The highest BCUT2D eigenvalue weighted by molar-refractivity contribution is 9.10. The highest BCUT2D eigenvalue weighted by Crippen LogP contribution is 2.51. The monoisotopic (exact) mass is 434 g/mol. The van der Waals surface area contributed by atoms with E-state index in [1.165, 1.54) is 0 Å². The zero-order valence-electron chi connectivity index (χ0n) is 14.3. The van der Waals surface area contributed by atoms with Crippen molar-refractivity contribution in [1.29, 1.82) is 0 Å². The minimum absolute atomic E-state index is 0.761. The summed E-state index contributed by atoms with van der Waals surface area (Å²) >= 11 is 5.17. The van der Waals surface area contributed by atoms with E-state index in [0.29, 0.717) is 0 Å². The number of rotatable bonds is 4. The first-order chi connectivity index (χ1) is 13.3. The Labute approximate surface area is 170 Å². The van der Waals surface area contributed by atoms with Crippen LogP contribution in [0.1, 0.15) is 11.1 Å². The fourth-order valence-electron chi connectivity index (χ4n) is 3.53. The normalized spacial score (nSPS) is 17.2. The van der Waals surface area contributed by atoms with Gasteiger partial charge in [-0.15, -0.1) is 11.3 Å². The van der Waals surface area contributed by atoms with Crippen molar-refractivity contribution in [1.82, 2.24) is 0 Å². The summed E-state index contributed by atoms with van der Waals surface area (Å²) in [6, 6.07) is 28.3. The van der Waals surface area contributed by atoms with Crippen molar-refractivity contribution in [3.05, 3.63) is 106 Å². The summed E-state index contributed by atoms with van der Waals surface area (Å²) < 4.78 is 14.2. The predicted molar refractivity (Wildman–Crippen MR) is 112 cm³/mol. The molecule has 2 nitrogen and oxygen atoms in total. The van der Waals surface area contributed by atoms with E-state index in [0.717, 1.165) is 37.5 Å². The van der Waals surface area contributed by atoms with Crippen LogP contribution in [0, 0.1) is 0 Å². The molecule has 0 N–H and O–H groups in total. The molecule has 1 aliphatic carbocycles. The average molecular weight is 435 g/mol. The Morgan fingerprint density at radius 3 is 2.30 bits per heavy atom. The van der Waals surface area contributed by atoms with Crippen molar-refractivity contribution in [3.63, 3.8) is 0 Å². The van der Waals surface area contributed by atoms with E-state index in [1.54, 1.807) is 11.3 Å². The maximum absolute atomic E-state index is 6.61. The molecular weight excluding hydrogens is 420 g/mol. The molecule has 4 heteroatoms. The summed E-state index contributed by atoms with van der Waals surface area (Å²) in [5, 5.41) is 2.82. The summed E-state index contributed by atoms with van der Waals surface area (Å²) in [4.78, 5) is 0. The molecule has 0 amide bonds. The van der Waals surface area contributed by atoms with Gasteiger partial charge in [0.2, 0.25) is 0 Å². The van der Waals surface area contributed by atoms with Crippen molar-refractivity contribution in [2.75, 3.05) is 0 Å². The lowest BCUT2D eigenvalue weighted by molar-refractivity contribution is -0.0781. The number of fused-ring (bicyclic) bond motifs is 3. The van der Waals surface area contributed by atoms with Crippen LogP contribution < -0.4 is 9.47 Å². The van der Waals surface area contributed by atoms with Crippen LogP contribution in [-0.4, -0.2) is 0 Å². The van der Waals surface area contributed by atoms with Gasteiger partial charge in [-0.3, -0.25) is 0 Å². The molecule has 4 aromatic rings. The second-order valence-electron chi connectivity index (χ2n) is 6.30. The molecule has 1 heterocycles. The third-order valence-electron chi connectivity index (χ3n) is 4.65. The lowest BCUT2D eigenvalue weighted by Gasteiger charge is -2.32. The van der Waals surface area contributed by atoms with Gasteiger partial charge in [-0.05, 0) is 52.9 Å². The van der Waals surface area contributed by atoms with E-state index in [9.17, 15) is 0 Å². The molecule has 5 rings (SSSR count). The van der Waals surface area contributed by atoms with Gasteiger partial charge in [-0.2, -0.15) is 0 Å². The molecule has 1 aromatic heterocycles. The van der Waals surface area contributed by atoms with Gasteiger partial charge in [0.05, 0.1) is 5.56 Å². The number of hydrogen-bond donors (Lipinski definition) is 0. The van der Waals surface area contributed by atoms with Crippen molar-refractivity contribution < 1.29 is 9.47 Å². The second kappa shape index (κ2) is 6.55. The van der Waals surface area contributed by atoms with Crippen LogP contribution in [0.15, 0.2) is 94.8 Å². The smallest absolute Gasteiger partial charge is 0.307 e. The number of halogens is 1. The molecule has 1 unspecified atom stereocenters. The number of benzene rings is 3. The van der Waals surface area contributed by atoms with E-state index in [1.807, 2.05) is 60.0 Å². The Bertz CT molecular complexity index is 1090. The largest absolute Gasteiger partial charge is 0.444 e. The first-order valence-electron chi connectivity index (χ1n) is 8.63. The van der Waals surface area contributed by atoms with Crippen LogP contribution in [0.5, 0.6) is 10.8 Å². The molecule has 27 heavy (non-hydrogen) atoms. The summed E-state index contributed by atoms with van der Waals surface area (Å²) in [6.07, 6.45) is 0. The van der Waals surface area contributed by atoms with Gasteiger partial charge in [-0.1, -0.05) is 64.5 Å². The second-order valence-corrected chi connectivity index (χ2v) is 8.13. The summed E-state index contributed by atoms with van der Waals surface area (Å²) in [5.74, 6) is -0.279. The quantitative estimate of drug-likeness (QED) is 0.327. The molecule has 0 spiro atoms. The highest BCUT2D eigenvalue weighted by Gasteiger charge is 2.48. The van der Waals surface area contributed by atoms with Gasteiger partial charge in [0, 0.05) is 10.0 Å². The van der Waals surface area contributed by atoms with E-state index in [2.05, 4.69) is 46.3 Å². The fraction of sp³-hybridized carbons (Fsp3) is 0.0435. The Morgan fingerprint density at radius 1 is 0.704 bits per heavy atom. The lowest BCUT2D eigenvalue weighted by Crippen LogP contribution is -2.38. The molecule has 132 valence electrons. The third kappa shape index (κ3) is 2.76. The minimum atomic E-state index is -1.04. The van der Waals surface area contributed by atoms with Crippen LogP contribution in [0.3, 0.4) is 0 Å². The van der Waals surface area contributed by atoms with Gasteiger partial charge in [0.15, 0.2) is 5.06 Å². The highest BCUT2D eigenvalue weighted by atomic mass is 79.9. The predicted octanol–water partition coefficient (Wildman–Crippen LogP) is 6.85. The van der Waals surface area contributed by atoms with Gasteiger partial charge >= 0.3 is 5.79 Å². The molecule has 0 saturated carbocycles. The van der Waals surface area contributed by atoms with Gasteiger partial charge in [0.1, 0.15) is 5.75 Å². The van der Waals surface area contributed by atoms with Crippen LogP contribution in [-0.2, 0) is 5.79 Å². The molecule has 0 aliphatic heterocycles. The molecular formula is C23H15BrO2S. The van der Waals surface area contributed by atoms with Crippen LogP contribution in [0.2, 0.25) is 0 Å². The lowest BCUT2D eigenvalue weighted by atomic mass is 10.0. The fourth-order valence-corrected chi connectivity index (χ4v) is 4.51. The van der Waals surface area contributed by atoms with E-state index in [4.69, 9.17) is 9.47 Å². The summed E-state index contributed by atoms with van der Waals surface area (Å²) in [7, 11) is 0. The number of ether oxygens (including phenoxy) is 2.